The van der Waals surface area contributed by atoms with E-state index in [9.17, 15) is 5.11 Å². The van der Waals surface area contributed by atoms with Gasteiger partial charge in [0.15, 0.2) is 0 Å². The zero-order chi connectivity index (χ0) is 11.5. The fourth-order valence-electron chi connectivity index (χ4n) is 2.42. The summed E-state index contributed by atoms with van der Waals surface area (Å²) in [5.74, 6) is 0.369. The van der Waals surface area contributed by atoms with E-state index in [2.05, 4.69) is 17.9 Å². The van der Waals surface area contributed by atoms with Gasteiger partial charge in [-0.15, -0.1) is 0 Å². The number of nitrogens with two attached hydrogens (primary N) is 1. The van der Waals surface area contributed by atoms with Crippen molar-refractivity contribution in [1.82, 2.24) is 0 Å². The lowest BCUT2D eigenvalue weighted by atomic mass is 9.92. The molecule has 1 saturated heterocycles. The lowest BCUT2D eigenvalue weighted by Crippen LogP contribution is -2.43. The molecule has 16 heavy (non-hydrogen) atoms. The summed E-state index contributed by atoms with van der Waals surface area (Å²) in [7, 11) is 0. The fraction of sp³-hybridized carbons (Fsp3) is 0.538. The highest BCUT2D eigenvalue weighted by atomic mass is 16.3. The maximum atomic E-state index is 9.85. The number of piperidine rings is 1. The Kier molecular flexibility index (Phi) is 3.34. The molecule has 2 atom stereocenters. The minimum atomic E-state index is -0.147. The Morgan fingerprint density at radius 2 is 2.19 bits per heavy atom. The zero-order valence-electron chi connectivity index (χ0n) is 9.76. The predicted octanol–water partition coefficient (Wildman–Crippen LogP) is 1.87. The number of aliphatic hydroxyl groups is 1. The van der Waals surface area contributed by atoms with Crippen molar-refractivity contribution < 1.29 is 5.11 Å². The summed E-state index contributed by atoms with van der Waals surface area (Å²) in [5.41, 5.74) is 7.90. The van der Waals surface area contributed by atoms with Crippen molar-refractivity contribution in [2.45, 2.75) is 25.9 Å². The first-order chi connectivity index (χ1) is 7.72. The normalized spacial score (nSPS) is 25.8. The molecule has 1 aromatic carbocycles. The maximum absolute atomic E-state index is 9.85. The molecule has 1 aliphatic heterocycles. The predicted molar refractivity (Wildman–Crippen MR) is 67.5 cm³/mol. The minimum absolute atomic E-state index is 0.147. The average molecular weight is 220 g/mol. The van der Waals surface area contributed by atoms with Gasteiger partial charge in [-0.05, 0) is 25.0 Å². The van der Waals surface area contributed by atoms with Crippen molar-refractivity contribution in [2.75, 3.05) is 23.7 Å². The molecule has 0 amide bonds. The van der Waals surface area contributed by atoms with Crippen LogP contribution in [0.1, 0.15) is 19.8 Å². The van der Waals surface area contributed by atoms with E-state index in [1.54, 1.807) is 0 Å². The molecular formula is C13H20N2O. The summed E-state index contributed by atoms with van der Waals surface area (Å²) >= 11 is 0. The molecule has 88 valence electrons. The Labute approximate surface area is 96.9 Å². The van der Waals surface area contributed by atoms with Gasteiger partial charge in [-0.1, -0.05) is 19.1 Å². The number of rotatable bonds is 2. The standard InChI is InChI=1S/C13H20N2O/c1-2-10-9-15(8-7-13(10)16)12-6-4-3-5-11(12)14/h3-6,10,13,16H,2,7-9,14H2,1H3/t10-,13-/m0/s1. The molecular weight excluding hydrogens is 200 g/mol. The number of nitrogens with zero attached hydrogens (tertiary/aromatic N) is 1. The van der Waals surface area contributed by atoms with E-state index in [4.69, 9.17) is 5.73 Å². The molecule has 0 spiro atoms. The van der Waals surface area contributed by atoms with Crippen molar-refractivity contribution in [3.63, 3.8) is 0 Å². The highest BCUT2D eigenvalue weighted by molar-refractivity contribution is 5.67. The van der Waals surface area contributed by atoms with Gasteiger partial charge in [-0.2, -0.15) is 0 Å². The lowest BCUT2D eigenvalue weighted by molar-refractivity contribution is 0.0860. The quantitative estimate of drug-likeness (QED) is 0.748. The van der Waals surface area contributed by atoms with Crippen LogP contribution in [0.15, 0.2) is 24.3 Å². The summed E-state index contributed by atoms with van der Waals surface area (Å²) in [4.78, 5) is 2.29. The Bertz CT molecular complexity index is 354. The Morgan fingerprint density at radius 1 is 1.44 bits per heavy atom. The molecule has 1 heterocycles. The topological polar surface area (TPSA) is 49.5 Å². The molecule has 0 aromatic heterocycles. The minimum Gasteiger partial charge on any atom is -0.397 e. The van der Waals surface area contributed by atoms with E-state index in [1.807, 2.05) is 18.2 Å². The number of para-hydroxylation sites is 2. The number of nitrogen functional groups attached to an aromatic ring is 1. The monoisotopic (exact) mass is 220 g/mol. The van der Waals surface area contributed by atoms with Crippen LogP contribution in [-0.4, -0.2) is 24.3 Å². The van der Waals surface area contributed by atoms with Gasteiger partial charge in [-0.25, -0.2) is 0 Å². The smallest absolute Gasteiger partial charge is 0.0602 e. The van der Waals surface area contributed by atoms with Crippen LogP contribution in [0, 0.1) is 5.92 Å². The SMILES string of the molecule is CC[C@H]1CN(c2ccccc2N)CC[C@@H]1O. The third kappa shape index (κ3) is 2.14. The molecule has 3 heteroatoms. The molecule has 1 aliphatic rings. The van der Waals surface area contributed by atoms with Crippen molar-refractivity contribution in [2.24, 2.45) is 5.92 Å². The lowest BCUT2D eigenvalue weighted by Gasteiger charge is -2.37. The van der Waals surface area contributed by atoms with Gasteiger partial charge in [0.25, 0.3) is 0 Å². The first kappa shape index (κ1) is 11.3. The fourth-order valence-corrected chi connectivity index (χ4v) is 2.42. The van der Waals surface area contributed by atoms with E-state index < -0.39 is 0 Å². The van der Waals surface area contributed by atoms with E-state index >= 15 is 0 Å². The first-order valence-electron chi connectivity index (χ1n) is 6.00. The molecule has 0 radical (unpaired) electrons. The number of anilines is 2. The number of hydrogen-bond acceptors (Lipinski definition) is 3. The zero-order valence-corrected chi connectivity index (χ0v) is 9.76. The second-order valence-electron chi connectivity index (χ2n) is 4.53. The third-order valence-corrected chi connectivity index (χ3v) is 3.50. The summed E-state index contributed by atoms with van der Waals surface area (Å²) < 4.78 is 0. The largest absolute Gasteiger partial charge is 0.397 e. The Morgan fingerprint density at radius 3 is 2.88 bits per heavy atom. The van der Waals surface area contributed by atoms with E-state index in [1.165, 1.54) is 0 Å². The number of aliphatic hydroxyl groups excluding tert-OH is 1. The van der Waals surface area contributed by atoms with Crippen molar-refractivity contribution >= 4 is 11.4 Å². The molecule has 0 unspecified atom stereocenters. The van der Waals surface area contributed by atoms with Crippen molar-refractivity contribution in [3.05, 3.63) is 24.3 Å². The molecule has 0 aliphatic carbocycles. The van der Waals surface area contributed by atoms with Crippen LogP contribution in [-0.2, 0) is 0 Å². The van der Waals surface area contributed by atoms with E-state index in [0.717, 1.165) is 37.3 Å². The van der Waals surface area contributed by atoms with Gasteiger partial charge >= 0.3 is 0 Å². The summed E-state index contributed by atoms with van der Waals surface area (Å²) in [6.07, 6.45) is 1.71. The average Bonchev–Trinajstić information content (AvgIpc) is 2.31. The van der Waals surface area contributed by atoms with Gasteiger partial charge in [0, 0.05) is 19.0 Å². The highest BCUT2D eigenvalue weighted by Gasteiger charge is 2.26. The van der Waals surface area contributed by atoms with Crippen LogP contribution in [0.4, 0.5) is 11.4 Å². The number of hydrogen-bond donors (Lipinski definition) is 2. The van der Waals surface area contributed by atoms with Gasteiger partial charge < -0.3 is 15.7 Å². The summed E-state index contributed by atoms with van der Waals surface area (Å²) in [5, 5.41) is 9.85. The maximum Gasteiger partial charge on any atom is 0.0602 e. The molecule has 0 saturated carbocycles. The van der Waals surface area contributed by atoms with Crippen LogP contribution >= 0.6 is 0 Å². The summed E-state index contributed by atoms with van der Waals surface area (Å²) in [6.45, 7) is 3.93. The molecule has 0 bridgehead atoms. The van der Waals surface area contributed by atoms with Crippen LogP contribution < -0.4 is 10.6 Å². The van der Waals surface area contributed by atoms with E-state index in [0.29, 0.717) is 5.92 Å². The molecule has 2 rings (SSSR count). The second-order valence-corrected chi connectivity index (χ2v) is 4.53. The molecule has 1 fully saturated rings. The van der Waals surface area contributed by atoms with E-state index in [-0.39, 0.29) is 6.10 Å². The second kappa shape index (κ2) is 4.74. The number of benzene rings is 1. The van der Waals surface area contributed by atoms with Crippen molar-refractivity contribution in [1.29, 1.82) is 0 Å². The van der Waals surface area contributed by atoms with Crippen LogP contribution in [0.3, 0.4) is 0 Å². The first-order valence-corrected chi connectivity index (χ1v) is 6.00. The Balaban J connectivity index is 2.14. The van der Waals surface area contributed by atoms with Crippen LogP contribution in [0.25, 0.3) is 0 Å². The van der Waals surface area contributed by atoms with Gasteiger partial charge in [0.05, 0.1) is 17.5 Å². The van der Waals surface area contributed by atoms with Crippen molar-refractivity contribution in [3.8, 4) is 0 Å². The summed E-state index contributed by atoms with van der Waals surface area (Å²) in [6, 6.07) is 7.95. The van der Waals surface area contributed by atoms with Gasteiger partial charge in [0.2, 0.25) is 0 Å². The van der Waals surface area contributed by atoms with Gasteiger partial charge in [-0.3, -0.25) is 0 Å². The van der Waals surface area contributed by atoms with Crippen LogP contribution in [0.2, 0.25) is 0 Å². The molecule has 3 N–H and O–H groups in total. The Hall–Kier alpha value is -1.22. The van der Waals surface area contributed by atoms with Gasteiger partial charge in [0.1, 0.15) is 0 Å². The molecule has 1 aromatic rings. The third-order valence-electron chi connectivity index (χ3n) is 3.50. The molecule has 3 nitrogen and oxygen atoms in total. The van der Waals surface area contributed by atoms with Crippen LogP contribution in [0.5, 0.6) is 0 Å². The highest BCUT2D eigenvalue weighted by Crippen LogP contribution is 2.28.